The molecular formula is C20H22N4O3. The maximum atomic E-state index is 12.9. The van der Waals surface area contributed by atoms with Gasteiger partial charge in [-0.2, -0.15) is 0 Å². The second-order valence-corrected chi connectivity index (χ2v) is 6.39. The van der Waals surface area contributed by atoms with Gasteiger partial charge in [-0.15, -0.1) is 0 Å². The molecule has 0 atom stereocenters. The van der Waals surface area contributed by atoms with Crippen LogP contribution in [0.1, 0.15) is 23.0 Å². The minimum absolute atomic E-state index is 0.216. The van der Waals surface area contributed by atoms with E-state index in [1.54, 1.807) is 24.1 Å². The number of carbonyl (C=O) groups excluding carboxylic acids is 1. The van der Waals surface area contributed by atoms with Crippen LogP contribution in [-0.4, -0.2) is 38.0 Å². The molecule has 0 aliphatic rings. The molecule has 0 unspecified atom stereocenters. The number of likely N-dealkylation sites (N-methyl/N-ethyl adjacent to an activating group) is 1. The van der Waals surface area contributed by atoms with Gasteiger partial charge in [-0.25, -0.2) is 9.78 Å². The Morgan fingerprint density at radius 1 is 1.04 bits per heavy atom. The third-order valence-electron chi connectivity index (χ3n) is 4.70. The van der Waals surface area contributed by atoms with E-state index in [0.717, 1.165) is 16.6 Å². The molecule has 2 aromatic heterocycles. The lowest BCUT2D eigenvalue weighted by atomic mass is 10.1. The van der Waals surface area contributed by atoms with Crippen molar-refractivity contribution in [3.05, 3.63) is 74.6 Å². The summed E-state index contributed by atoms with van der Waals surface area (Å²) in [7, 11) is 2.96. The first kappa shape index (κ1) is 18.6. The topological polar surface area (TPSA) is 77.2 Å². The van der Waals surface area contributed by atoms with Gasteiger partial charge in [-0.3, -0.25) is 18.7 Å². The zero-order valence-electron chi connectivity index (χ0n) is 15.7. The lowest BCUT2D eigenvalue weighted by Gasteiger charge is -2.20. The van der Waals surface area contributed by atoms with Crippen molar-refractivity contribution in [1.29, 1.82) is 0 Å². The van der Waals surface area contributed by atoms with Gasteiger partial charge in [-0.05, 0) is 31.0 Å². The Bertz CT molecular complexity index is 1100. The zero-order valence-corrected chi connectivity index (χ0v) is 15.7. The first-order chi connectivity index (χ1) is 12.9. The molecule has 0 aliphatic heterocycles. The van der Waals surface area contributed by atoms with Crippen molar-refractivity contribution >= 4 is 16.9 Å². The molecule has 0 N–H and O–H groups in total. The van der Waals surface area contributed by atoms with Gasteiger partial charge >= 0.3 is 5.69 Å². The van der Waals surface area contributed by atoms with Crippen molar-refractivity contribution in [3.8, 4) is 0 Å². The molecule has 7 nitrogen and oxygen atoms in total. The maximum absolute atomic E-state index is 12.9. The quantitative estimate of drug-likeness (QED) is 0.683. The Morgan fingerprint density at radius 2 is 1.74 bits per heavy atom. The molecule has 27 heavy (non-hydrogen) atoms. The van der Waals surface area contributed by atoms with Crippen LogP contribution in [-0.2, 0) is 20.5 Å². The van der Waals surface area contributed by atoms with Crippen LogP contribution in [0.5, 0.6) is 0 Å². The third-order valence-corrected chi connectivity index (χ3v) is 4.70. The SMILES string of the molecule is CCN(CCc1ccccc1)C(=O)c1ccc2c(=O)n(C)c(=O)n(C)c2n1. The van der Waals surface area contributed by atoms with Crippen LogP contribution < -0.4 is 11.2 Å². The van der Waals surface area contributed by atoms with E-state index in [0.29, 0.717) is 18.5 Å². The molecule has 140 valence electrons. The maximum Gasteiger partial charge on any atom is 0.332 e. The Hall–Kier alpha value is -3.22. The lowest BCUT2D eigenvalue weighted by Crippen LogP contribution is -2.38. The summed E-state index contributed by atoms with van der Waals surface area (Å²) in [6, 6.07) is 13.1. The molecular weight excluding hydrogens is 344 g/mol. The zero-order chi connectivity index (χ0) is 19.6. The van der Waals surface area contributed by atoms with E-state index in [4.69, 9.17) is 0 Å². The second-order valence-electron chi connectivity index (χ2n) is 6.39. The summed E-state index contributed by atoms with van der Waals surface area (Å²) < 4.78 is 2.32. The van der Waals surface area contributed by atoms with Gasteiger partial charge in [0, 0.05) is 27.2 Å². The van der Waals surface area contributed by atoms with Crippen LogP contribution in [0.3, 0.4) is 0 Å². The molecule has 0 bridgehead atoms. The number of fused-ring (bicyclic) bond motifs is 1. The molecule has 0 radical (unpaired) electrons. The smallest absolute Gasteiger partial charge is 0.332 e. The summed E-state index contributed by atoms with van der Waals surface area (Å²) in [6.07, 6.45) is 0.743. The number of aryl methyl sites for hydroxylation is 1. The summed E-state index contributed by atoms with van der Waals surface area (Å²) in [5, 5.41) is 0.309. The monoisotopic (exact) mass is 366 g/mol. The average molecular weight is 366 g/mol. The van der Waals surface area contributed by atoms with Gasteiger partial charge in [-0.1, -0.05) is 30.3 Å². The fourth-order valence-electron chi connectivity index (χ4n) is 3.05. The molecule has 3 rings (SSSR count). The van der Waals surface area contributed by atoms with Gasteiger partial charge in [0.2, 0.25) is 0 Å². The van der Waals surface area contributed by atoms with E-state index in [1.165, 1.54) is 11.6 Å². The Kier molecular flexibility index (Phi) is 5.21. The van der Waals surface area contributed by atoms with Crippen molar-refractivity contribution in [3.63, 3.8) is 0 Å². The number of carbonyl (C=O) groups is 1. The van der Waals surface area contributed by atoms with Crippen molar-refractivity contribution < 1.29 is 4.79 Å². The molecule has 1 amide bonds. The van der Waals surface area contributed by atoms with Crippen LogP contribution in [0.2, 0.25) is 0 Å². The summed E-state index contributed by atoms with van der Waals surface area (Å²) in [5.74, 6) is -0.219. The molecule has 0 saturated carbocycles. The van der Waals surface area contributed by atoms with E-state index in [-0.39, 0.29) is 17.2 Å². The standard InChI is InChI=1S/C20H22N4O3/c1-4-24(13-12-14-8-6-5-7-9-14)19(26)16-11-10-15-17(21-16)22(2)20(27)23(3)18(15)25/h5-11H,4,12-13H2,1-3H3. The number of benzene rings is 1. The van der Waals surface area contributed by atoms with Gasteiger partial charge in [0.05, 0.1) is 5.39 Å². The first-order valence-electron chi connectivity index (χ1n) is 8.84. The number of hydrogen-bond donors (Lipinski definition) is 0. The number of pyridine rings is 1. The molecule has 2 heterocycles. The molecule has 7 heteroatoms. The summed E-state index contributed by atoms with van der Waals surface area (Å²) in [5.41, 5.74) is 0.701. The van der Waals surface area contributed by atoms with Crippen LogP contribution in [0.15, 0.2) is 52.1 Å². The highest BCUT2D eigenvalue weighted by atomic mass is 16.2. The lowest BCUT2D eigenvalue weighted by molar-refractivity contribution is 0.0760. The molecule has 0 saturated heterocycles. The molecule has 1 aromatic carbocycles. The van der Waals surface area contributed by atoms with Crippen molar-refractivity contribution in [2.75, 3.05) is 13.1 Å². The summed E-state index contributed by atoms with van der Waals surface area (Å²) in [4.78, 5) is 43.3. The molecule has 0 aliphatic carbocycles. The third kappa shape index (κ3) is 3.53. The highest BCUT2D eigenvalue weighted by Crippen LogP contribution is 2.10. The second kappa shape index (κ2) is 7.57. The van der Waals surface area contributed by atoms with Crippen molar-refractivity contribution in [2.24, 2.45) is 14.1 Å². The van der Waals surface area contributed by atoms with E-state index in [1.807, 2.05) is 37.3 Å². The van der Waals surface area contributed by atoms with Crippen LogP contribution >= 0.6 is 0 Å². The van der Waals surface area contributed by atoms with E-state index >= 15 is 0 Å². The summed E-state index contributed by atoms with van der Waals surface area (Å²) >= 11 is 0. The minimum atomic E-state index is -0.471. The van der Waals surface area contributed by atoms with Gasteiger partial charge in [0.1, 0.15) is 11.3 Å². The highest BCUT2D eigenvalue weighted by molar-refractivity contribution is 5.94. The van der Waals surface area contributed by atoms with Gasteiger partial charge < -0.3 is 4.90 Å². The predicted octanol–water partition coefficient (Wildman–Crippen LogP) is 1.34. The number of nitrogens with zero attached hydrogens (tertiary/aromatic N) is 4. The number of rotatable bonds is 5. The summed E-state index contributed by atoms with van der Waals surface area (Å²) in [6.45, 7) is 3.02. The van der Waals surface area contributed by atoms with Gasteiger partial charge in [0.25, 0.3) is 11.5 Å². The van der Waals surface area contributed by atoms with E-state index < -0.39 is 11.2 Å². The largest absolute Gasteiger partial charge is 0.337 e. The fourth-order valence-corrected chi connectivity index (χ4v) is 3.05. The van der Waals surface area contributed by atoms with Crippen LogP contribution in [0, 0.1) is 0 Å². The Labute approximate surface area is 156 Å². The first-order valence-corrected chi connectivity index (χ1v) is 8.84. The minimum Gasteiger partial charge on any atom is -0.337 e. The van der Waals surface area contributed by atoms with Crippen molar-refractivity contribution in [2.45, 2.75) is 13.3 Å². The molecule has 3 aromatic rings. The molecule has 0 spiro atoms. The van der Waals surface area contributed by atoms with Gasteiger partial charge in [0.15, 0.2) is 0 Å². The van der Waals surface area contributed by atoms with Crippen LogP contribution in [0.4, 0.5) is 0 Å². The predicted molar refractivity (Wildman–Crippen MR) is 104 cm³/mol. The molecule has 0 fully saturated rings. The Balaban J connectivity index is 1.92. The number of hydrogen-bond acceptors (Lipinski definition) is 4. The highest BCUT2D eigenvalue weighted by Gasteiger charge is 2.18. The number of amides is 1. The average Bonchev–Trinajstić information content (AvgIpc) is 2.71. The normalized spacial score (nSPS) is 10.9. The fraction of sp³-hybridized carbons (Fsp3) is 0.300. The number of aromatic nitrogens is 3. The van der Waals surface area contributed by atoms with E-state index in [2.05, 4.69) is 4.98 Å². The Morgan fingerprint density at radius 3 is 2.41 bits per heavy atom. The van der Waals surface area contributed by atoms with E-state index in [9.17, 15) is 14.4 Å². The van der Waals surface area contributed by atoms with Crippen LogP contribution in [0.25, 0.3) is 11.0 Å². The van der Waals surface area contributed by atoms with Crippen molar-refractivity contribution in [1.82, 2.24) is 19.0 Å².